The number of methoxy groups -OCH3 is 1. The van der Waals surface area contributed by atoms with Crippen LogP contribution in [0.5, 0.6) is 0 Å². The standard InChI is InChI=1S/C27H31N3O3/c1-33-27(32)25-11-3-2-10-24(25)26(31)29-18-20-6-4-8-22(16-20)23-9-5-7-21(17-23)19-30-14-12-28-13-15-30/h2-9,11,16-17,24,28H,10,12-15,18-19H2,1H3,(H,29,31). The molecule has 2 N–H and O–H groups in total. The summed E-state index contributed by atoms with van der Waals surface area (Å²) in [6.45, 7) is 5.59. The average Bonchev–Trinajstić information content (AvgIpc) is 2.88. The van der Waals surface area contributed by atoms with E-state index < -0.39 is 11.9 Å². The lowest BCUT2D eigenvalue weighted by Gasteiger charge is -2.27. The van der Waals surface area contributed by atoms with Gasteiger partial charge in [-0.1, -0.05) is 54.6 Å². The molecule has 6 nitrogen and oxygen atoms in total. The van der Waals surface area contributed by atoms with Gasteiger partial charge in [0.15, 0.2) is 0 Å². The third kappa shape index (κ3) is 5.97. The van der Waals surface area contributed by atoms with Gasteiger partial charge in [0.05, 0.1) is 13.0 Å². The van der Waals surface area contributed by atoms with Crippen LogP contribution < -0.4 is 10.6 Å². The van der Waals surface area contributed by atoms with Gasteiger partial charge in [0, 0.05) is 44.8 Å². The Morgan fingerprint density at radius 3 is 2.48 bits per heavy atom. The van der Waals surface area contributed by atoms with E-state index in [9.17, 15) is 9.59 Å². The number of hydrogen-bond donors (Lipinski definition) is 2. The lowest BCUT2D eigenvalue weighted by Crippen LogP contribution is -2.42. The average molecular weight is 446 g/mol. The molecule has 33 heavy (non-hydrogen) atoms. The lowest BCUT2D eigenvalue weighted by molar-refractivity contribution is -0.138. The number of piperazine rings is 1. The summed E-state index contributed by atoms with van der Waals surface area (Å²) in [5, 5.41) is 6.38. The second kappa shape index (κ2) is 11.1. The number of amides is 1. The fourth-order valence-corrected chi connectivity index (χ4v) is 4.36. The zero-order valence-electron chi connectivity index (χ0n) is 19.0. The maximum absolute atomic E-state index is 12.8. The highest BCUT2D eigenvalue weighted by molar-refractivity contribution is 5.97. The molecule has 0 spiro atoms. The molecule has 1 aliphatic heterocycles. The van der Waals surface area contributed by atoms with E-state index >= 15 is 0 Å². The molecule has 0 aromatic heterocycles. The van der Waals surface area contributed by atoms with Gasteiger partial charge in [-0.15, -0.1) is 0 Å². The van der Waals surface area contributed by atoms with Crippen molar-refractivity contribution < 1.29 is 14.3 Å². The molecule has 1 unspecified atom stereocenters. The predicted molar refractivity (Wildman–Crippen MR) is 129 cm³/mol. The van der Waals surface area contributed by atoms with E-state index in [0.717, 1.165) is 43.9 Å². The van der Waals surface area contributed by atoms with Crippen molar-refractivity contribution in [3.8, 4) is 11.1 Å². The number of carbonyl (C=O) groups is 2. The second-order valence-corrected chi connectivity index (χ2v) is 8.47. The van der Waals surface area contributed by atoms with Crippen molar-refractivity contribution >= 4 is 11.9 Å². The van der Waals surface area contributed by atoms with Gasteiger partial charge in [-0.25, -0.2) is 4.79 Å². The Kier molecular flexibility index (Phi) is 7.70. The molecule has 2 aromatic rings. The Balaban J connectivity index is 1.40. The van der Waals surface area contributed by atoms with Crippen molar-refractivity contribution in [3.63, 3.8) is 0 Å². The van der Waals surface area contributed by atoms with E-state index in [-0.39, 0.29) is 5.91 Å². The van der Waals surface area contributed by atoms with Gasteiger partial charge in [0.25, 0.3) is 0 Å². The van der Waals surface area contributed by atoms with Crippen LogP contribution in [-0.2, 0) is 27.4 Å². The van der Waals surface area contributed by atoms with E-state index in [1.807, 2.05) is 18.2 Å². The summed E-state index contributed by atoms with van der Waals surface area (Å²) in [5.74, 6) is -1.14. The normalized spacial score (nSPS) is 18.5. The lowest BCUT2D eigenvalue weighted by atomic mass is 9.90. The maximum Gasteiger partial charge on any atom is 0.334 e. The first-order chi connectivity index (χ1) is 16.1. The highest BCUT2D eigenvalue weighted by Crippen LogP contribution is 2.24. The SMILES string of the molecule is COC(=O)C1=CC=CCC1C(=O)NCc1cccc(-c2cccc(CN3CCNCC3)c2)c1. The molecule has 1 heterocycles. The number of allylic oxidation sites excluding steroid dienone is 3. The first-order valence-electron chi connectivity index (χ1n) is 11.5. The molecule has 0 radical (unpaired) electrons. The predicted octanol–water partition coefficient (Wildman–Crippen LogP) is 3.05. The first-order valence-corrected chi connectivity index (χ1v) is 11.5. The molecule has 1 amide bonds. The van der Waals surface area contributed by atoms with Crippen LogP contribution in [0.2, 0.25) is 0 Å². The van der Waals surface area contributed by atoms with Crippen LogP contribution in [-0.4, -0.2) is 50.1 Å². The number of ether oxygens (including phenoxy) is 1. The summed E-state index contributed by atoms with van der Waals surface area (Å²) in [4.78, 5) is 27.3. The molecule has 172 valence electrons. The van der Waals surface area contributed by atoms with Crippen LogP contribution in [0.15, 0.2) is 72.3 Å². The fraction of sp³-hybridized carbons (Fsp3) is 0.333. The van der Waals surface area contributed by atoms with E-state index in [2.05, 4.69) is 51.9 Å². The quantitative estimate of drug-likeness (QED) is 0.641. The van der Waals surface area contributed by atoms with E-state index in [1.54, 1.807) is 12.2 Å². The van der Waals surface area contributed by atoms with Crippen LogP contribution >= 0.6 is 0 Å². The summed E-state index contributed by atoms with van der Waals surface area (Å²) in [5.41, 5.74) is 5.01. The van der Waals surface area contributed by atoms with E-state index in [4.69, 9.17) is 4.74 Å². The van der Waals surface area contributed by atoms with Crippen molar-refractivity contribution in [1.82, 2.24) is 15.5 Å². The Hall–Kier alpha value is -3.22. The van der Waals surface area contributed by atoms with Gasteiger partial charge >= 0.3 is 5.97 Å². The highest BCUT2D eigenvalue weighted by Gasteiger charge is 2.28. The van der Waals surface area contributed by atoms with E-state index in [0.29, 0.717) is 18.5 Å². The van der Waals surface area contributed by atoms with Crippen LogP contribution in [0, 0.1) is 5.92 Å². The number of carbonyl (C=O) groups excluding carboxylic acids is 2. The summed E-state index contributed by atoms with van der Waals surface area (Å²) in [7, 11) is 1.33. The molecular weight excluding hydrogens is 414 g/mol. The van der Waals surface area contributed by atoms with Crippen molar-refractivity contribution in [2.75, 3.05) is 33.3 Å². The number of benzene rings is 2. The van der Waals surface area contributed by atoms with Gasteiger partial charge in [-0.05, 0) is 40.8 Å². The van der Waals surface area contributed by atoms with Crippen LogP contribution in [0.4, 0.5) is 0 Å². The third-order valence-corrected chi connectivity index (χ3v) is 6.17. The molecular formula is C27H31N3O3. The number of hydrogen-bond acceptors (Lipinski definition) is 5. The van der Waals surface area contributed by atoms with Gasteiger partial charge in [0.2, 0.25) is 5.91 Å². The van der Waals surface area contributed by atoms with Crippen molar-refractivity contribution in [3.05, 3.63) is 83.5 Å². The van der Waals surface area contributed by atoms with Crippen LogP contribution in [0.1, 0.15) is 17.5 Å². The summed E-state index contributed by atoms with van der Waals surface area (Å²) >= 11 is 0. The minimum absolute atomic E-state index is 0.167. The summed E-state index contributed by atoms with van der Waals surface area (Å²) in [6, 6.07) is 16.9. The van der Waals surface area contributed by atoms with Gasteiger partial charge in [0.1, 0.15) is 0 Å². The first kappa shape index (κ1) is 23.0. The van der Waals surface area contributed by atoms with Crippen molar-refractivity contribution in [1.29, 1.82) is 0 Å². The highest BCUT2D eigenvalue weighted by atomic mass is 16.5. The molecule has 0 saturated carbocycles. The Bertz CT molecular complexity index is 1050. The van der Waals surface area contributed by atoms with Gasteiger partial charge < -0.3 is 15.4 Å². The second-order valence-electron chi connectivity index (χ2n) is 8.47. The topological polar surface area (TPSA) is 70.7 Å². The van der Waals surface area contributed by atoms with E-state index in [1.165, 1.54) is 18.2 Å². The number of esters is 1. The molecule has 4 rings (SSSR count). The Morgan fingerprint density at radius 1 is 1.06 bits per heavy atom. The molecule has 2 aliphatic rings. The minimum atomic E-state index is -0.521. The molecule has 1 fully saturated rings. The molecule has 6 heteroatoms. The fourth-order valence-electron chi connectivity index (χ4n) is 4.36. The summed E-state index contributed by atoms with van der Waals surface area (Å²) in [6.07, 6.45) is 5.83. The van der Waals surface area contributed by atoms with Crippen LogP contribution in [0.25, 0.3) is 11.1 Å². The van der Waals surface area contributed by atoms with Crippen molar-refractivity contribution in [2.24, 2.45) is 5.92 Å². The van der Waals surface area contributed by atoms with Crippen molar-refractivity contribution in [2.45, 2.75) is 19.5 Å². The Labute approximate surface area is 195 Å². The molecule has 1 aliphatic carbocycles. The molecule has 2 aromatic carbocycles. The smallest absolute Gasteiger partial charge is 0.334 e. The summed E-state index contributed by atoms with van der Waals surface area (Å²) < 4.78 is 4.83. The third-order valence-electron chi connectivity index (χ3n) is 6.17. The zero-order chi connectivity index (χ0) is 23.0. The minimum Gasteiger partial charge on any atom is -0.466 e. The van der Waals surface area contributed by atoms with Gasteiger partial charge in [-0.2, -0.15) is 0 Å². The number of nitrogens with one attached hydrogen (secondary N) is 2. The monoisotopic (exact) mass is 445 g/mol. The maximum atomic E-state index is 12.8. The molecule has 1 saturated heterocycles. The van der Waals surface area contributed by atoms with Crippen LogP contribution in [0.3, 0.4) is 0 Å². The number of rotatable bonds is 7. The zero-order valence-corrected chi connectivity index (χ0v) is 19.0. The largest absolute Gasteiger partial charge is 0.466 e. The Morgan fingerprint density at radius 2 is 1.76 bits per heavy atom. The molecule has 1 atom stereocenters. The number of nitrogens with zero attached hydrogens (tertiary/aromatic N) is 1. The van der Waals surface area contributed by atoms with Gasteiger partial charge in [-0.3, -0.25) is 9.69 Å². The molecule has 0 bridgehead atoms.